The van der Waals surface area contributed by atoms with Crippen LogP contribution in [0.15, 0.2) is 24.4 Å². The molecule has 1 N–H and O–H groups in total. The van der Waals surface area contributed by atoms with Crippen LogP contribution in [0.3, 0.4) is 0 Å². The van der Waals surface area contributed by atoms with E-state index in [1.807, 2.05) is 11.7 Å². The smallest absolute Gasteiger partial charge is 0.0672 e. The summed E-state index contributed by atoms with van der Waals surface area (Å²) in [5, 5.41) is 7.95. The summed E-state index contributed by atoms with van der Waals surface area (Å²) < 4.78 is 2.01. The molecule has 1 aliphatic rings. The van der Waals surface area contributed by atoms with E-state index in [-0.39, 0.29) is 0 Å². The molecule has 0 bridgehead atoms. The van der Waals surface area contributed by atoms with Gasteiger partial charge in [0.25, 0.3) is 0 Å². The molecule has 2 aromatic rings. The summed E-state index contributed by atoms with van der Waals surface area (Å²) in [6.45, 7) is 5.13. The van der Waals surface area contributed by atoms with Gasteiger partial charge < -0.3 is 5.32 Å². The minimum atomic E-state index is 0.511. The number of benzene rings is 1. The zero-order valence-electron chi connectivity index (χ0n) is 11.9. The van der Waals surface area contributed by atoms with E-state index < -0.39 is 0 Å². The SMILES string of the molecule is CCn1cc(-c2ccc3c(c2)C(NC)CC3)c(C)n1. The summed E-state index contributed by atoms with van der Waals surface area (Å²) in [7, 11) is 2.05. The molecule has 0 fully saturated rings. The van der Waals surface area contributed by atoms with Crippen molar-refractivity contribution in [1.82, 2.24) is 15.1 Å². The second-order valence-electron chi connectivity index (χ2n) is 5.28. The number of nitrogens with zero attached hydrogens (tertiary/aromatic N) is 2. The van der Waals surface area contributed by atoms with E-state index in [0.717, 1.165) is 12.2 Å². The third kappa shape index (κ3) is 2.08. The highest BCUT2D eigenvalue weighted by Crippen LogP contribution is 2.34. The maximum atomic E-state index is 4.54. The second-order valence-corrected chi connectivity index (χ2v) is 5.28. The lowest BCUT2D eigenvalue weighted by Gasteiger charge is -2.11. The Balaban J connectivity index is 2.04. The molecule has 3 heteroatoms. The van der Waals surface area contributed by atoms with Gasteiger partial charge in [0.2, 0.25) is 0 Å². The van der Waals surface area contributed by atoms with E-state index in [9.17, 15) is 0 Å². The molecule has 1 heterocycles. The molecular formula is C16H21N3. The minimum Gasteiger partial charge on any atom is -0.313 e. The largest absolute Gasteiger partial charge is 0.313 e. The van der Waals surface area contributed by atoms with Gasteiger partial charge in [-0.1, -0.05) is 12.1 Å². The predicted octanol–water partition coefficient (Wildman–Crippen LogP) is 3.09. The van der Waals surface area contributed by atoms with Crippen molar-refractivity contribution in [3.05, 3.63) is 41.2 Å². The standard InChI is InChI=1S/C16H21N3/c1-4-19-10-15(11(2)18-19)13-6-5-12-7-8-16(17-3)14(12)9-13/h5-6,9-10,16-17H,4,7-8H2,1-3H3. The summed E-state index contributed by atoms with van der Waals surface area (Å²) in [4.78, 5) is 0. The molecule has 1 atom stereocenters. The molecule has 3 nitrogen and oxygen atoms in total. The monoisotopic (exact) mass is 255 g/mol. The van der Waals surface area contributed by atoms with E-state index in [1.54, 1.807) is 0 Å². The van der Waals surface area contributed by atoms with Gasteiger partial charge in [0.15, 0.2) is 0 Å². The molecule has 3 rings (SSSR count). The van der Waals surface area contributed by atoms with Crippen molar-refractivity contribution in [2.75, 3.05) is 7.05 Å². The molecule has 0 saturated carbocycles. The molecule has 19 heavy (non-hydrogen) atoms. The van der Waals surface area contributed by atoms with Crippen molar-refractivity contribution in [2.45, 2.75) is 39.3 Å². The lowest BCUT2D eigenvalue weighted by atomic mass is 10.00. The molecule has 100 valence electrons. The molecule has 0 radical (unpaired) electrons. The lowest BCUT2D eigenvalue weighted by molar-refractivity contribution is 0.590. The van der Waals surface area contributed by atoms with Crippen molar-refractivity contribution >= 4 is 0 Å². The van der Waals surface area contributed by atoms with Crippen LogP contribution in [-0.4, -0.2) is 16.8 Å². The third-order valence-corrected chi connectivity index (χ3v) is 4.15. The summed E-state index contributed by atoms with van der Waals surface area (Å²) in [6.07, 6.45) is 4.55. The zero-order chi connectivity index (χ0) is 13.4. The number of aromatic nitrogens is 2. The fraction of sp³-hybridized carbons (Fsp3) is 0.438. The van der Waals surface area contributed by atoms with Crippen molar-refractivity contribution in [2.24, 2.45) is 0 Å². The van der Waals surface area contributed by atoms with Gasteiger partial charge in [-0.25, -0.2) is 0 Å². The molecule has 1 aromatic heterocycles. The van der Waals surface area contributed by atoms with Crippen LogP contribution in [0.25, 0.3) is 11.1 Å². The Bertz CT molecular complexity index is 598. The van der Waals surface area contributed by atoms with Crippen molar-refractivity contribution in [1.29, 1.82) is 0 Å². The first kappa shape index (κ1) is 12.4. The van der Waals surface area contributed by atoms with Gasteiger partial charge in [-0.3, -0.25) is 4.68 Å². The third-order valence-electron chi connectivity index (χ3n) is 4.15. The second kappa shape index (κ2) is 4.82. The van der Waals surface area contributed by atoms with Crippen molar-refractivity contribution in [3.63, 3.8) is 0 Å². The first-order chi connectivity index (χ1) is 9.22. The van der Waals surface area contributed by atoms with Crippen LogP contribution >= 0.6 is 0 Å². The van der Waals surface area contributed by atoms with Gasteiger partial charge >= 0.3 is 0 Å². The summed E-state index contributed by atoms with van der Waals surface area (Å²) in [5.74, 6) is 0. The van der Waals surface area contributed by atoms with Crippen molar-refractivity contribution in [3.8, 4) is 11.1 Å². The molecule has 1 unspecified atom stereocenters. The predicted molar refractivity (Wildman–Crippen MR) is 78.2 cm³/mol. The Morgan fingerprint density at radius 1 is 1.42 bits per heavy atom. The van der Waals surface area contributed by atoms with Crippen LogP contribution in [-0.2, 0) is 13.0 Å². The van der Waals surface area contributed by atoms with E-state index in [2.05, 4.69) is 48.7 Å². The van der Waals surface area contributed by atoms with E-state index in [0.29, 0.717) is 6.04 Å². The minimum absolute atomic E-state index is 0.511. The molecular weight excluding hydrogens is 234 g/mol. The van der Waals surface area contributed by atoms with Gasteiger partial charge in [-0.05, 0) is 56.5 Å². The Morgan fingerprint density at radius 3 is 2.95 bits per heavy atom. The summed E-state index contributed by atoms with van der Waals surface area (Å²) in [6, 6.07) is 7.37. The van der Waals surface area contributed by atoms with Crippen LogP contribution in [0.4, 0.5) is 0 Å². The molecule has 0 saturated heterocycles. The first-order valence-electron chi connectivity index (χ1n) is 7.07. The lowest BCUT2D eigenvalue weighted by Crippen LogP contribution is -2.12. The number of rotatable bonds is 3. The van der Waals surface area contributed by atoms with Gasteiger partial charge in [0.1, 0.15) is 0 Å². The highest BCUT2D eigenvalue weighted by atomic mass is 15.3. The number of hydrogen-bond donors (Lipinski definition) is 1. The first-order valence-corrected chi connectivity index (χ1v) is 7.07. The van der Waals surface area contributed by atoms with Crippen LogP contribution in [0, 0.1) is 6.92 Å². The Hall–Kier alpha value is -1.61. The topological polar surface area (TPSA) is 29.9 Å². The van der Waals surface area contributed by atoms with Crippen LogP contribution in [0.5, 0.6) is 0 Å². The van der Waals surface area contributed by atoms with Crippen molar-refractivity contribution < 1.29 is 0 Å². The summed E-state index contributed by atoms with van der Waals surface area (Å²) >= 11 is 0. The zero-order valence-corrected chi connectivity index (χ0v) is 11.9. The number of aryl methyl sites for hydroxylation is 3. The maximum Gasteiger partial charge on any atom is 0.0672 e. The molecule has 0 spiro atoms. The van der Waals surface area contributed by atoms with E-state index in [1.165, 1.54) is 35.1 Å². The van der Waals surface area contributed by atoms with Gasteiger partial charge in [0.05, 0.1) is 5.69 Å². The van der Waals surface area contributed by atoms with Crippen LogP contribution in [0.2, 0.25) is 0 Å². The highest BCUT2D eigenvalue weighted by molar-refractivity contribution is 5.67. The Labute approximate surface area is 114 Å². The normalized spacial score (nSPS) is 17.7. The maximum absolute atomic E-state index is 4.54. The highest BCUT2D eigenvalue weighted by Gasteiger charge is 2.21. The van der Waals surface area contributed by atoms with Crippen LogP contribution in [0.1, 0.15) is 36.2 Å². The quantitative estimate of drug-likeness (QED) is 0.913. The molecule has 0 amide bonds. The molecule has 1 aromatic carbocycles. The number of fused-ring (bicyclic) bond motifs is 1. The summed E-state index contributed by atoms with van der Waals surface area (Å²) in [5.41, 5.74) is 6.61. The molecule has 1 aliphatic carbocycles. The van der Waals surface area contributed by atoms with E-state index >= 15 is 0 Å². The van der Waals surface area contributed by atoms with Gasteiger partial charge in [-0.2, -0.15) is 5.10 Å². The average molecular weight is 255 g/mol. The van der Waals surface area contributed by atoms with Gasteiger partial charge in [0, 0.05) is 24.3 Å². The fourth-order valence-electron chi connectivity index (χ4n) is 3.03. The van der Waals surface area contributed by atoms with Gasteiger partial charge in [-0.15, -0.1) is 0 Å². The fourth-order valence-corrected chi connectivity index (χ4v) is 3.03. The average Bonchev–Trinajstić information content (AvgIpc) is 3.00. The number of nitrogens with one attached hydrogen (secondary N) is 1. The Kier molecular flexibility index (Phi) is 3.15. The van der Waals surface area contributed by atoms with Crippen LogP contribution < -0.4 is 5.32 Å². The Morgan fingerprint density at radius 2 is 2.26 bits per heavy atom. The molecule has 0 aliphatic heterocycles. The van der Waals surface area contributed by atoms with E-state index in [4.69, 9.17) is 0 Å². The number of hydrogen-bond acceptors (Lipinski definition) is 2.